The van der Waals surface area contributed by atoms with Crippen molar-refractivity contribution in [2.24, 2.45) is 0 Å². The average molecular weight is 359 g/mol. The molecule has 3 aromatic rings. The summed E-state index contributed by atoms with van der Waals surface area (Å²) in [7, 11) is 0. The minimum absolute atomic E-state index is 0.0634. The number of hydrogen-bond acceptors (Lipinski definition) is 4. The number of rotatable bonds is 3. The van der Waals surface area contributed by atoms with Crippen LogP contribution in [0.2, 0.25) is 15.1 Å². The van der Waals surface area contributed by atoms with Crippen molar-refractivity contribution in [3.63, 3.8) is 0 Å². The fraction of sp³-hybridized carbons (Fsp3) is 0.154. The fourth-order valence-electron chi connectivity index (χ4n) is 1.92. The third kappa shape index (κ3) is 2.77. The Morgan fingerprint density at radius 2 is 2.05 bits per heavy atom. The summed E-state index contributed by atoms with van der Waals surface area (Å²) in [6.07, 6.45) is 0. The predicted molar refractivity (Wildman–Crippen MR) is 87.1 cm³/mol. The van der Waals surface area contributed by atoms with Crippen LogP contribution in [-0.2, 0) is 6.54 Å². The van der Waals surface area contributed by atoms with Crippen molar-refractivity contribution in [2.45, 2.75) is 13.5 Å². The molecular weight excluding hydrogens is 349 g/mol. The number of H-pyrrole nitrogens is 1. The van der Waals surface area contributed by atoms with Crippen LogP contribution < -0.4 is 10.9 Å². The molecule has 0 aliphatic heterocycles. The highest BCUT2D eigenvalue weighted by atomic mass is 35.5. The molecule has 0 bridgehead atoms. The minimum Gasteiger partial charge on any atom is -0.350 e. The Morgan fingerprint density at radius 3 is 2.77 bits per heavy atom. The molecule has 9 heteroatoms. The van der Waals surface area contributed by atoms with E-state index in [1.807, 2.05) is 6.07 Å². The second kappa shape index (κ2) is 5.79. The number of hydrogen-bond donors (Lipinski definition) is 2. The molecule has 0 saturated carbocycles. The van der Waals surface area contributed by atoms with Crippen LogP contribution in [0.3, 0.4) is 0 Å². The Balaban J connectivity index is 1.88. The molecule has 1 aromatic carbocycles. The minimum atomic E-state index is -0.394. The SMILES string of the molecule is Cc1nc2nc(NCc3ccc(Cl)cc3Cl)[nH]n2c(=O)c1Cl. The van der Waals surface area contributed by atoms with Crippen molar-refractivity contribution in [2.75, 3.05) is 5.32 Å². The third-order valence-corrected chi connectivity index (χ3v) is 4.09. The van der Waals surface area contributed by atoms with Gasteiger partial charge in [0.05, 0.1) is 5.69 Å². The maximum Gasteiger partial charge on any atom is 0.293 e. The van der Waals surface area contributed by atoms with Crippen molar-refractivity contribution in [1.82, 2.24) is 19.6 Å². The molecule has 2 N–H and O–H groups in total. The lowest BCUT2D eigenvalue weighted by Crippen LogP contribution is -2.17. The molecule has 3 rings (SSSR count). The number of fused-ring (bicyclic) bond motifs is 1. The molecule has 0 saturated heterocycles. The highest BCUT2D eigenvalue weighted by Crippen LogP contribution is 2.21. The van der Waals surface area contributed by atoms with Crippen LogP contribution in [0.15, 0.2) is 23.0 Å². The van der Waals surface area contributed by atoms with E-state index in [2.05, 4.69) is 20.4 Å². The topological polar surface area (TPSA) is 75.1 Å². The van der Waals surface area contributed by atoms with Crippen molar-refractivity contribution in [1.29, 1.82) is 0 Å². The highest BCUT2D eigenvalue weighted by molar-refractivity contribution is 6.35. The largest absolute Gasteiger partial charge is 0.350 e. The van der Waals surface area contributed by atoms with Gasteiger partial charge in [0, 0.05) is 16.6 Å². The van der Waals surface area contributed by atoms with E-state index in [9.17, 15) is 4.79 Å². The first-order chi connectivity index (χ1) is 10.5. The number of benzene rings is 1. The zero-order valence-electron chi connectivity index (χ0n) is 11.3. The Bertz CT molecular complexity index is 918. The van der Waals surface area contributed by atoms with Gasteiger partial charge in [-0.15, -0.1) is 0 Å². The van der Waals surface area contributed by atoms with Crippen molar-refractivity contribution in [3.8, 4) is 0 Å². The van der Waals surface area contributed by atoms with Crippen molar-refractivity contribution >= 4 is 46.5 Å². The molecule has 6 nitrogen and oxygen atoms in total. The van der Waals surface area contributed by atoms with Crippen LogP contribution in [0.25, 0.3) is 5.78 Å². The van der Waals surface area contributed by atoms with Gasteiger partial charge in [0.25, 0.3) is 11.3 Å². The molecule has 2 aromatic heterocycles. The van der Waals surface area contributed by atoms with Gasteiger partial charge in [0.2, 0.25) is 5.95 Å². The van der Waals surface area contributed by atoms with Gasteiger partial charge in [0.15, 0.2) is 0 Å². The van der Waals surface area contributed by atoms with Crippen LogP contribution in [0.5, 0.6) is 0 Å². The molecule has 0 spiro atoms. The first-order valence-corrected chi connectivity index (χ1v) is 7.42. The molecule has 114 valence electrons. The monoisotopic (exact) mass is 357 g/mol. The van der Waals surface area contributed by atoms with E-state index in [4.69, 9.17) is 34.8 Å². The second-order valence-electron chi connectivity index (χ2n) is 4.61. The number of aromatic nitrogens is 4. The van der Waals surface area contributed by atoms with Crippen LogP contribution in [0.1, 0.15) is 11.3 Å². The first-order valence-electron chi connectivity index (χ1n) is 6.28. The number of nitrogens with zero attached hydrogens (tertiary/aromatic N) is 3. The van der Waals surface area contributed by atoms with Gasteiger partial charge >= 0.3 is 0 Å². The smallest absolute Gasteiger partial charge is 0.293 e. The Hall–Kier alpha value is -1.76. The van der Waals surface area contributed by atoms with Gasteiger partial charge in [-0.2, -0.15) is 9.50 Å². The molecular formula is C13H10Cl3N5O. The molecule has 0 unspecified atom stereocenters. The summed E-state index contributed by atoms with van der Waals surface area (Å²) in [6, 6.07) is 5.22. The zero-order chi connectivity index (χ0) is 15.9. The van der Waals surface area contributed by atoms with Gasteiger partial charge < -0.3 is 5.32 Å². The first kappa shape index (κ1) is 15.1. The van der Waals surface area contributed by atoms with E-state index in [1.54, 1.807) is 19.1 Å². The van der Waals surface area contributed by atoms with Gasteiger partial charge in [-0.1, -0.05) is 40.9 Å². The number of nitrogens with one attached hydrogen (secondary N) is 2. The van der Waals surface area contributed by atoms with Gasteiger partial charge in [-0.3, -0.25) is 9.89 Å². The van der Waals surface area contributed by atoms with E-state index in [-0.39, 0.29) is 10.8 Å². The van der Waals surface area contributed by atoms with Crippen LogP contribution in [-0.4, -0.2) is 19.6 Å². The zero-order valence-corrected chi connectivity index (χ0v) is 13.6. The quantitative estimate of drug-likeness (QED) is 0.753. The summed E-state index contributed by atoms with van der Waals surface area (Å²) in [5.74, 6) is 0.633. The van der Waals surface area contributed by atoms with Crippen LogP contribution in [0.4, 0.5) is 5.95 Å². The van der Waals surface area contributed by atoms with Crippen molar-refractivity contribution < 1.29 is 0 Å². The molecule has 2 heterocycles. The van der Waals surface area contributed by atoms with Crippen molar-refractivity contribution in [3.05, 3.63) is 54.9 Å². The molecule has 0 atom stereocenters. The Morgan fingerprint density at radius 1 is 1.27 bits per heavy atom. The predicted octanol–water partition coefficient (Wildman–Crippen LogP) is 3.30. The lowest BCUT2D eigenvalue weighted by Gasteiger charge is -2.05. The molecule has 0 amide bonds. The normalized spacial score (nSPS) is 11.1. The van der Waals surface area contributed by atoms with E-state index in [0.717, 1.165) is 5.56 Å². The summed E-state index contributed by atoms with van der Waals surface area (Å²) < 4.78 is 1.18. The highest BCUT2D eigenvalue weighted by Gasteiger charge is 2.11. The number of halogens is 3. The molecule has 0 fully saturated rings. The average Bonchev–Trinajstić information content (AvgIpc) is 2.87. The van der Waals surface area contributed by atoms with Gasteiger partial charge in [-0.05, 0) is 24.6 Å². The lowest BCUT2D eigenvalue weighted by molar-refractivity contribution is 0.887. The molecule has 22 heavy (non-hydrogen) atoms. The van der Waals surface area contributed by atoms with E-state index < -0.39 is 5.56 Å². The van der Waals surface area contributed by atoms with Crippen LogP contribution in [0, 0.1) is 6.92 Å². The maximum atomic E-state index is 12.0. The summed E-state index contributed by atoms with van der Waals surface area (Å²) >= 11 is 17.8. The number of anilines is 1. The maximum absolute atomic E-state index is 12.0. The van der Waals surface area contributed by atoms with E-state index in [1.165, 1.54) is 4.52 Å². The fourth-order valence-corrected chi connectivity index (χ4v) is 2.52. The van der Waals surface area contributed by atoms with Gasteiger partial charge in [-0.25, -0.2) is 4.98 Å². The van der Waals surface area contributed by atoms with Gasteiger partial charge in [0.1, 0.15) is 5.02 Å². The van der Waals surface area contributed by atoms with Crippen LogP contribution >= 0.6 is 34.8 Å². The Labute approximate surface area is 140 Å². The standard InChI is InChI=1S/C13H10Cl3N5O/c1-6-10(16)11(22)21-13(18-6)19-12(20-21)17-5-7-2-3-8(14)4-9(7)15/h2-4H,5H2,1H3,(H2,17,18,19,20). The van der Waals surface area contributed by atoms with E-state index >= 15 is 0 Å². The summed E-state index contributed by atoms with van der Waals surface area (Å²) in [6.45, 7) is 2.07. The number of aromatic amines is 1. The molecule has 0 radical (unpaired) electrons. The summed E-state index contributed by atoms with van der Waals surface area (Å²) in [5.41, 5.74) is 0.890. The molecule has 0 aliphatic rings. The second-order valence-corrected chi connectivity index (χ2v) is 5.83. The van der Waals surface area contributed by atoms with E-state index in [0.29, 0.717) is 28.2 Å². The Kier molecular flexibility index (Phi) is 3.99. The number of aryl methyl sites for hydroxylation is 1. The third-order valence-electron chi connectivity index (χ3n) is 3.07. The lowest BCUT2D eigenvalue weighted by atomic mass is 10.2. The summed E-state index contributed by atoms with van der Waals surface area (Å²) in [4.78, 5) is 20.3. The molecule has 0 aliphatic carbocycles. The summed E-state index contributed by atoms with van der Waals surface area (Å²) in [5, 5.41) is 7.02.